The van der Waals surface area contributed by atoms with Gasteiger partial charge in [-0.2, -0.15) is 0 Å². The molecule has 182 valence electrons. The van der Waals surface area contributed by atoms with Gasteiger partial charge in [0, 0.05) is 38.4 Å². The predicted molar refractivity (Wildman–Crippen MR) is 135 cm³/mol. The third-order valence-corrected chi connectivity index (χ3v) is 6.64. The highest BCUT2D eigenvalue weighted by Crippen LogP contribution is 2.19. The number of nitrogens with one attached hydrogen (secondary N) is 1. The Morgan fingerprint density at radius 2 is 1.80 bits per heavy atom. The first kappa shape index (κ1) is 24.6. The molecule has 4 rings (SSSR count). The lowest BCUT2D eigenvalue weighted by atomic mass is 10.2. The van der Waals surface area contributed by atoms with Gasteiger partial charge in [0.05, 0.1) is 23.2 Å². The smallest absolute Gasteiger partial charge is 0.262 e. The Hall–Kier alpha value is -3.50. The van der Waals surface area contributed by atoms with E-state index in [2.05, 4.69) is 16.9 Å². The Labute approximate surface area is 206 Å². The molecular formula is C25H26FN5O3S. The number of para-hydroxylation sites is 1. The molecule has 3 aromatic rings. The van der Waals surface area contributed by atoms with Gasteiger partial charge in [0.1, 0.15) is 5.82 Å². The third kappa shape index (κ3) is 6.14. The molecule has 35 heavy (non-hydrogen) atoms. The number of piperazine rings is 1. The fourth-order valence-electron chi connectivity index (χ4n) is 3.86. The average molecular weight is 496 g/mol. The second-order valence-corrected chi connectivity index (χ2v) is 9.06. The molecule has 0 bridgehead atoms. The maximum Gasteiger partial charge on any atom is 0.262 e. The molecule has 0 spiro atoms. The van der Waals surface area contributed by atoms with E-state index < -0.39 is 0 Å². The van der Waals surface area contributed by atoms with Crippen molar-refractivity contribution in [3.63, 3.8) is 0 Å². The number of aromatic nitrogens is 2. The normalized spacial score (nSPS) is 14.1. The number of hydrogen-bond acceptors (Lipinski definition) is 6. The molecule has 8 nitrogen and oxygen atoms in total. The zero-order valence-corrected chi connectivity index (χ0v) is 20.0. The third-order valence-electron chi connectivity index (χ3n) is 5.68. The van der Waals surface area contributed by atoms with E-state index in [9.17, 15) is 18.8 Å². The van der Waals surface area contributed by atoms with Crippen molar-refractivity contribution in [3.05, 3.63) is 77.4 Å². The van der Waals surface area contributed by atoms with Crippen LogP contribution in [-0.4, -0.2) is 69.6 Å². The van der Waals surface area contributed by atoms with Crippen LogP contribution in [0.1, 0.15) is 0 Å². The minimum atomic E-state index is -0.359. The number of thioether (sulfide) groups is 1. The molecule has 1 aromatic heterocycles. The second-order valence-electron chi connectivity index (χ2n) is 8.12. The van der Waals surface area contributed by atoms with Crippen LogP contribution in [0.25, 0.3) is 10.9 Å². The summed E-state index contributed by atoms with van der Waals surface area (Å²) in [5.74, 6) is -0.428. The van der Waals surface area contributed by atoms with Crippen molar-refractivity contribution >= 4 is 40.2 Å². The van der Waals surface area contributed by atoms with Crippen LogP contribution < -0.4 is 10.9 Å². The van der Waals surface area contributed by atoms with Crippen molar-refractivity contribution < 1.29 is 14.0 Å². The molecule has 1 aliphatic rings. The lowest BCUT2D eigenvalue weighted by Crippen LogP contribution is -2.50. The maximum absolute atomic E-state index is 13.0. The SMILES string of the molecule is C=CCn1c(SCC(=O)N2CCN(CC(=O)Nc3ccc(F)cc3)CC2)nc2ccccc2c1=O. The Morgan fingerprint density at radius 3 is 2.51 bits per heavy atom. The number of anilines is 1. The summed E-state index contributed by atoms with van der Waals surface area (Å²) in [4.78, 5) is 46.3. The summed E-state index contributed by atoms with van der Waals surface area (Å²) in [5.41, 5.74) is 0.984. The standard InChI is InChI=1S/C25H26FN5O3S/c1-2-11-31-24(34)20-5-3-4-6-21(20)28-25(31)35-17-23(33)30-14-12-29(13-15-30)16-22(32)27-19-9-7-18(26)8-10-19/h2-10H,1,11-17H2,(H,27,32). The maximum atomic E-state index is 13.0. The fraction of sp³-hybridized carbons (Fsp3) is 0.280. The van der Waals surface area contributed by atoms with E-state index in [0.717, 1.165) is 0 Å². The lowest BCUT2D eigenvalue weighted by molar-refractivity contribution is -0.130. The molecule has 1 saturated heterocycles. The van der Waals surface area contributed by atoms with Crippen LogP contribution in [0.3, 0.4) is 0 Å². The molecule has 10 heteroatoms. The molecule has 1 aliphatic heterocycles. The number of amides is 2. The highest BCUT2D eigenvalue weighted by Gasteiger charge is 2.23. The van der Waals surface area contributed by atoms with E-state index in [1.54, 1.807) is 29.2 Å². The van der Waals surface area contributed by atoms with Gasteiger partial charge < -0.3 is 10.2 Å². The zero-order valence-electron chi connectivity index (χ0n) is 19.2. The second kappa shape index (κ2) is 11.3. The highest BCUT2D eigenvalue weighted by atomic mass is 32.2. The summed E-state index contributed by atoms with van der Waals surface area (Å²) in [6.07, 6.45) is 1.63. The first-order valence-corrected chi connectivity index (χ1v) is 12.2. The molecule has 0 saturated carbocycles. The van der Waals surface area contributed by atoms with E-state index in [1.807, 2.05) is 11.0 Å². The molecule has 2 heterocycles. The number of fused-ring (bicyclic) bond motifs is 1. The van der Waals surface area contributed by atoms with Gasteiger partial charge in [-0.25, -0.2) is 9.37 Å². The Bertz CT molecular complexity index is 1290. The number of nitrogens with zero attached hydrogens (tertiary/aromatic N) is 4. The van der Waals surface area contributed by atoms with Crippen LogP contribution in [-0.2, 0) is 16.1 Å². The topological polar surface area (TPSA) is 87.5 Å². The molecular weight excluding hydrogens is 469 g/mol. The monoisotopic (exact) mass is 495 g/mol. The molecule has 0 atom stereocenters. The predicted octanol–water partition coefficient (Wildman–Crippen LogP) is 2.60. The molecule has 0 aliphatic carbocycles. The van der Waals surface area contributed by atoms with Crippen LogP contribution >= 0.6 is 11.8 Å². The van der Waals surface area contributed by atoms with Gasteiger partial charge in [0.25, 0.3) is 5.56 Å². The number of carbonyl (C=O) groups is 2. The Balaban J connectivity index is 1.30. The molecule has 0 unspecified atom stereocenters. The van der Waals surface area contributed by atoms with Crippen molar-refractivity contribution in [3.8, 4) is 0 Å². The molecule has 2 aromatic carbocycles. The quantitative estimate of drug-likeness (QED) is 0.294. The van der Waals surface area contributed by atoms with Crippen LogP contribution in [0, 0.1) is 5.82 Å². The summed E-state index contributed by atoms with van der Waals surface area (Å²) in [7, 11) is 0. The van der Waals surface area contributed by atoms with Crippen LogP contribution in [0.15, 0.2) is 71.1 Å². The van der Waals surface area contributed by atoms with Crippen LogP contribution in [0.4, 0.5) is 10.1 Å². The Kier molecular flexibility index (Phi) is 7.94. The Morgan fingerprint density at radius 1 is 1.09 bits per heavy atom. The summed E-state index contributed by atoms with van der Waals surface area (Å²) in [6.45, 7) is 6.39. The van der Waals surface area contributed by atoms with Gasteiger partial charge in [0.2, 0.25) is 11.8 Å². The minimum Gasteiger partial charge on any atom is -0.339 e. The average Bonchev–Trinajstić information content (AvgIpc) is 2.86. The number of carbonyl (C=O) groups excluding carboxylic acids is 2. The highest BCUT2D eigenvalue weighted by molar-refractivity contribution is 7.99. The molecule has 0 radical (unpaired) electrons. The fourth-order valence-corrected chi connectivity index (χ4v) is 4.77. The van der Waals surface area contributed by atoms with E-state index in [-0.39, 0.29) is 35.5 Å². The van der Waals surface area contributed by atoms with Crippen LogP contribution in [0.2, 0.25) is 0 Å². The van der Waals surface area contributed by atoms with E-state index in [4.69, 9.17) is 0 Å². The van der Waals surface area contributed by atoms with Crippen molar-refractivity contribution in [2.75, 3.05) is 43.8 Å². The number of benzene rings is 2. The minimum absolute atomic E-state index is 0.0435. The first-order valence-electron chi connectivity index (χ1n) is 11.2. The molecule has 2 amide bonds. The van der Waals surface area contributed by atoms with Crippen molar-refractivity contribution in [1.82, 2.24) is 19.4 Å². The van der Waals surface area contributed by atoms with E-state index in [1.165, 1.54) is 40.6 Å². The van der Waals surface area contributed by atoms with Gasteiger partial charge in [-0.05, 0) is 36.4 Å². The van der Waals surface area contributed by atoms with Gasteiger partial charge in [-0.1, -0.05) is 30.0 Å². The van der Waals surface area contributed by atoms with Gasteiger partial charge in [0.15, 0.2) is 5.16 Å². The number of hydrogen-bond donors (Lipinski definition) is 1. The molecule has 1 N–H and O–H groups in total. The van der Waals surface area contributed by atoms with E-state index in [0.29, 0.717) is 54.5 Å². The largest absolute Gasteiger partial charge is 0.339 e. The summed E-state index contributed by atoms with van der Waals surface area (Å²) in [5, 5.41) is 3.77. The van der Waals surface area contributed by atoms with Gasteiger partial charge >= 0.3 is 0 Å². The van der Waals surface area contributed by atoms with Gasteiger partial charge in [-0.3, -0.25) is 23.9 Å². The van der Waals surface area contributed by atoms with Crippen molar-refractivity contribution in [2.24, 2.45) is 0 Å². The van der Waals surface area contributed by atoms with Crippen molar-refractivity contribution in [2.45, 2.75) is 11.7 Å². The first-order chi connectivity index (χ1) is 16.9. The van der Waals surface area contributed by atoms with E-state index >= 15 is 0 Å². The summed E-state index contributed by atoms with van der Waals surface area (Å²) >= 11 is 1.24. The number of rotatable bonds is 8. The zero-order chi connectivity index (χ0) is 24.8. The molecule has 1 fully saturated rings. The van der Waals surface area contributed by atoms with Crippen LogP contribution in [0.5, 0.6) is 0 Å². The lowest BCUT2D eigenvalue weighted by Gasteiger charge is -2.34. The summed E-state index contributed by atoms with van der Waals surface area (Å²) < 4.78 is 14.5. The number of halogens is 1. The number of allylic oxidation sites excluding steroid dienone is 1. The van der Waals surface area contributed by atoms with Crippen molar-refractivity contribution in [1.29, 1.82) is 0 Å². The summed E-state index contributed by atoms with van der Waals surface area (Å²) in [6, 6.07) is 12.8. The van der Waals surface area contributed by atoms with Gasteiger partial charge in [-0.15, -0.1) is 6.58 Å².